The van der Waals surface area contributed by atoms with E-state index in [1.54, 1.807) is 14.0 Å². The second-order valence-corrected chi connectivity index (χ2v) is 5.41. The van der Waals surface area contributed by atoms with Gasteiger partial charge in [0.15, 0.2) is 0 Å². The monoisotopic (exact) mass is 243 g/mol. The molecule has 86 valence electrons. The van der Waals surface area contributed by atoms with E-state index in [2.05, 4.69) is 4.72 Å². The van der Waals surface area contributed by atoms with Crippen molar-refractivity contribution in [2.24, 2.45) is 0 Å². The lowest BCUT2D eigenvalue weighted by Crippen LogP contribution is -2.33. The van der Waals surface area contributed by atoms with Crippen LogP contribution in [0.5, 0.6) is 0 Å². The van der Waals surface area contributed by atoms with E-state index >= 15 is 0 Å². The van der Waals surface area contributed by atoms with Gasteiger partial charge in [0.05, 0.1) is 11.9 Å². The van der Waals surface area contributed by atoms with Crippen LogP contribution in [0.25, 0.3) is 0 Å². The summed E-state index contributed by atoms with van der Waals surface area (Å²) in [5, 5.41) is 0. The first kappa shape index (κ1) is 14.2. The number of methoxy groups -OCH3 is 1. The van der Waals surface area contributed by atoms with Crippen molar-refractivity contribution in [2.75, 3.05) is 25.3 Å². The Morgan fingerprint density at radius 1 is 1.43 bits per heavy atom. The number of nitrogens with one attached hydrogen (secondary N) is 1. The van der Waals surface area contributed by atoms with Gasteiger partial charge in [0.2, 0.25) is 10.0 Å². The molecule has 0 radical (unpaired) electrons. The maximum atomic E-state index is 11.3. The number of rotatable bonds is 8. The summed E-state index contributed by atoms with van der Waals surface area (Å²) in [4.78, 5) is 0. The highest BCUT2D eigenvalue weighted by Crippen LogP contribution is 1.97. The summed E-state index contributed by atoms with van der Waals surface area (Å²) in [6.07, 6.45) is 1.22. The molecule has 0 aliphatic heterocycles. The Bertz CT molecular complexity index is 231. The zero-order valence-corrected chi connectivity index (χ0v) is 10.2. The van der Waals surface area contributed by atoms with Gasteiger partial charge in [-0.15, -0.1) is 11.6 Å². The third kappa shape index (κ3) is 7.55. The van der Waals surface area contributed by atoms with Gasteiger partial charge in [-0.3, -0.25) is 0 Å². The largest absolute Gasteiger partial charge is 0.380 e. The molecule has 0 amide bonds. The van der Waals surface area contributed by atoms with Crippen LogP contribution in [-0.4, -0.2) is 39.8 Å². The van der Waals surface area contributed by atoms with Crippen molar-refractivity contribution in [3.63, 3.8) is 0 Å². The quantitative estimate of drug-likeness (QED) is 0.510. The molecule has 1 N–H and O–H groups in total. The normalized spacial score (nSPS) is 14.2. The molecular formula is C8H18ClNO3S. The molecule has 0 fully saturated rings. The minimum atomic E-state index is -3.15. The van der Waals surface area contributed by atoms with Crippen LogP contribution in [0.15, 0.2) is 0 Å². The minimum absolute atomic E-state index is 0.0993. The molecule has 0 aliphatic rings. The standard InChI is InChI=1S/C8H18ClNO3S/c1-8(13-2)7-10-14(11,12)6-4-3-5-9/h8,10H,3-7H2,1-2H3. The molecule has 0 aromatic rings. The van der Waals surface area contributed by atoms with Crippen molar-refractivity contribution in [3.05, 3.63) is 0 Å². The van der Waals surface area contributed by atoms with Crippen LogP contribution >= 0.6 is 11.6 Å². The van der Waals surface area contributed by atoms with E-state index in [0.717, 1.165) is 6.42 Å². The second kappa shape index (κ2) is 7.45. The van der Waals surface area contributed by atoms with Crippen molar-refractivity contribution in [3.8, 4) is 0 Å². The van der Waals surface area contributed by atoms with Crippen LogP contribution in [0, 0.1) is 0 Å². The lowest BCUT2D eigenvalue weighted by molar-refractivity contribution is 0.122. The number of sulfonamides is 1. The lowest BCUT2D eigenvalue weighted by atomic mass is 10.4. The number of hydrogen-bond donors (Lipinski definition) is 1. The van der Waals surface area contributed by atoms with E-state index in [1.165, 1.54) is 0 Å². The third-order valence-corrected chi connectivity index (χ3v) is 3.49. The average molecular weight is 244 g/mol. The summed E-state index contributed by atoms with van der Waals surface area (Å²) in [6.45, 7) is 2.13. The Morgan fingerprint density at radius 2 is 2.07 bits per heavy atom. The fourth-order valence-corrected chi connectivity index (χ4v) is 2.19. The van der Waals surface area contributed by atoms with Crippen LogP contribution in [0.1, 0.15) is 19.8 Å². The molecule has 1 atom stereocenters. The molecule has 0 rings (SSSR count). The molecule has 1 unspecified atom stereocenters. The molecule has 0 aliphatic carbocycles. The molecule has 0 aromatic heterocycles. The summed E-state index contributed by atoms with van der Waals surface area (Å²) < 4.78 is 30.0. The van der Waals surface area contributed by atoms with Crippen LogP contribution in [-0.2, 0) is 14.8 Å². The Kier molecular flexibility index (Phi) is 7.54. The van der Waals surface area contributed by atoms with Gasteiger partial charge < -0.3 is 4.74 Å². The van der Waals surface area contributed by atoms with Crippen LogP contribution < -0.4 is 4.72 Å². The highest BCUT2D eigenvalue weighted by atomic mass is 35.5. The second-order valence-electron chi connectivity index (χ2n) is 3.11. The highest BCUT2D eigenvalue weighted by Gasteiger charge is 2.10. The van der Waals surface area contributed by atoms with Gasteiger partial charge in [-0.05, 0) is 19.8 Å². The fourth-order valence-electron chi connectivity index (χ4n) is 0.786. The van der Waals surface area contributed by atoms with Gasteiger partial charge in [-0.2, -0.15) is 0 Å². The molecule has 0 bridgehead atoms. The van der Waals surface area contributed by atoms with Crippen LogP contribution in [0.3, 0.4) is 0 Å². The van der Waals surface area contributed by atoms with Crippen LogP contribution in [0.4, 0.5) is 0 Å². The Hall–Kier alpha value is 0.160. The first-order valence-electron chi connectivity index (χ1n) is 4.58. The van der Waals surface area contributed by atoms with Crippen molar-refractivity contribution in [1.82, 2.24) is 4.72 Å². The number of halogens is 1. The summed E-state index contributed by atoms with van der Waals surface area (Å²) in [6, 6.07) is 0. The van der Waals surface area contributed by atoms with Gasteiger partial charge in [-0.1, -0.05) is 0 Å². The van der Waals surface area contributed by atoms with Crippen molar-refractivity contribution >= 4 is 21.6 Å². The lowest BCUT2D eigenvalue weighted by Gasteiger charge is -2.10. The number of ether oxygens (including phenoxy) is 1. The maximum absolute atomic E-state index is 11.3. The molecule has 0 aromatic carbocycles. The SMILES string of the molecule is COC(C)CNS(=O)(=O)CCCCCl. The average Bonchev–Trinajstić information content (AvgIpc) is 2.14. The molecule has 14 heavy (non-hydrogen) atoms. The van der Waals surface area contributed by atoms with Crippen LogP contribution in [0.2, 0.25) is 0 Å². The Labute approximate surface area is 91.0 Å². The van der Waals surface area contributed by atoms with E-state index in [9.17, 15) is 8.42 Å². The smallest absolute Gasteiger partial charge is 0.211 e. The number of unbranched alkanes of at least 4 members (excludes halogenated alkanes) is 1. The summed E-state index contributed by atoms with van der Waals surface area (Å²) >= 11 is 5.45. The highest BCUT2D eigenvalue weighted by molar-refractivity contribution is 7.89. The third-order valence-electron chi connectivity index (χ3n) is 1.79. The Balaban J connectivity index is 3.73. The minimum Gasteiger partial charge on any atom is -0.380 e. The van der Waals surface area contributed by atoms with Gasteiger partial charge >= 0.3 is 0 Å². The van der Waals surface area contributed by atoms with E-state index < -0.39 is 10.0 Å². The molecular weight excluding hydrogens is 226 g/mol. The van der Waals surface area contributed by atoms with Crippen molar-refractivity contribution < 1.29 is 13.2 Å². The number of alkyl halides is 1. The van der Waals surface area contributed by atoms with E-state index in [-0.39, 0.29) is 11.9 Å². The zero-order chi connectivity index (χ0) is 11.0. The molecule has 0 spiro atoms. The van der Waals surface area contributed by atoms with E-state index in [4.69, 9.17) is 16.3 Å². The molecule has 0 heterocycles. The molecule has 0 saturated carbocycles. The van der Waals surface area contributed by atoms with Gasteiger partial charge in [0.1, 0.15) is 0 Å². The predicted octanol–water partition coefficient (Wildman–Crippen LogP) is 0.960. The topological polar surface area (TPSA) is 55.4 Å². The molecule has 6 heteroatoms. The zero-order valence-electron chi connectivity index (χ0n) is 8.62. The first-order valence-corrected chi connectivity index (χ1v) is 6.76. The van der Waals surface area contributed by atoms with Gasteiger partial charge in [-0.25, -0.2) is 13.1 Å². The molecule has 4 nitrogen and oxygen atoms in total. The first-order chi connectivity index (χ1) is 6.52. The fraction of sp³-hybridized carbons (Fsp3) is 1.00. The van der Waals surface area contributed by atoms with Crippen molar-refractivity contribution in [1.29, 1.82) is 0 Å². The predicted molar refractivity (Wildman–Crippen MR) is 58.2 cm³/mol. The van der Waals surface area contributed by atoms with Crippen molar-refractivity contribution in [2.45, 2.75) is 25.9 Å². The summed E-state index contributed by atoms with van der Waals surface area (Å²) in [7, 11) is -1.60. The summed E-state index contributed by atoms with van der Waals surface area (Å²) in [5.74, 6) is 0.639. The maximum Gasteiger partial charge on any atom is 0.211 e. The molecule has 0 saturated heterocycles. The van der Waals surface area contributed by atoms with E-state index in [0.29, 0.717) is 18.8 Å². The van der Waals surface area contributed by atoms with Gasteiger partial charge in [0, 0.05) is 19.5 Å². The number of hydrogen-bond acceptors (Lipinski definition) is 3. The van der Waals surface area contributed by atoms with Gasteiger partial charge in [0.25, 0.3) is 0 Å². The van der Waals surface area contributed by atoms with E-state index in [1.807, 2.05) is 0 Å². The summed E-state index contributed by atoms with van der Waals surface area (Å²) in [5.41, 5.74) is 0. The Morgan fingerprint density at radius 3 is 2.57 bits per heavy atom.